The lowest BCUT2D eigenvalue weighted by Crippen LogP contribution is -2.42. The average molecular weight is 269 g/mol. The Kier molecular flexibility index (Phi) is 3.30. The van der Waals surface area contributed by atoms with Gasteiger partial charge in [-0.25, -0.2) is 4.98 Å². The average Bonchev–Trinajstić information content (AvgIpc) is 2.94. The first-order chi connectivity index (χ1) is 9.68. The molecule has 0 saturated heterocycles. The van der Waals surface area contributed by atoms with Gasteiger partial charge in [0.05, 0.1) is 18.1 Å². The maximum Gasteiger partial charge on any atom is 0.254 e. The summed E-state index contributed by atoms with van der Waals surface area (Å²) < 4.78 is 0. The lowest BCUT2D eigenvalue weighted by Gasteiger charge is -2.37. The van der Waals surface area contributed by atoms with E-state index in [1.807, 2.05) is 35.2 Å². The minimum absolute atomic E-state index is 0.0534. The van der Waals surface area contributed by atoms with Crippen molar-refractivity contribution in [2.24, 2.45) is 5.92 Å². The molecule has 0 saturated carbocycles. The van der Waals surface area contributed by atoms with E-state index in [1.54, 1.807) is 6.33 Å². The van der Waals surface area contributed by atoms with Crippen LogP contribution in [-0.2, 0) is 6.42 Å². The van der Waals surface area contributed by atoms with Crippen molar-refractivity contribution in [2.45, 2.75) is 26.3 Å². The molecule has 1 amide bonds. The molecule has 2 aromatic rings. The van der Waals surface area contributed by atoms with E-state index in [9.17, 15) is 4.79 Å². The predicted octanol–water partition coefficient (Wildman–Crippen LogP) is 2.81. The maximum absolute atomic E-state index is 12.7. The Bertz CT molecular complexity index is 603. The molecule has 1 atom stereocenters. The van der Waals surface area contributed by atoms with E-state index in [1.165, 1.54) is 5.69 Å². The van der Waals surface area contributed by atoms with Gasteiger partial charge in [0.25, 0.3) is 5.91 Å². The highest BCUT2D eigenvalue weighted by molar-refractivity contribution is 5.94. The molecule has 2 heterocycles. The fraction of sp³-hybridized carbons (Fsp3) is 0.375. The zero-order chi connectivity index (χ0) is 14.1. The summed E-state index contributed by atoms with van der Waals surface area (Å²) in [6.45, 7) is 5.02. The SMILES string of the molecule is CC(C)C1c2nc[nH]c2CCN1C(=O)c1ccccc1. The van der Waals surface area contributed by atoms with Crippen LogP contribution in [0.25, 0.3) is 0 Å². The first kappa shape index (κ1) is 12.9. The first-order valence-electron chi connectivity index (χ1n) is 7.06. The van der Waals surface area contributed by atoms with Gasteiger partial charge >= 0.3 is 0 Å². The fourth-order valence-corrected chi connectivity index (χ4v) is 2.96. The van der Waals surface area contributed by atoms with Crippen LogP contribution in [0.15, 0.2) is 36.7 Å². The van der Waals surface area contributed by atoms with Gasteiger partial charge in [-0.2, -0.15) is 0 Å². The fourth-order valence-electron chi connectivity index (χ4n) is 2.96. The Morgan fingerprint density at radius 1 is 1.35 bits per heavy atom. The standard InChI is InChI=1S/C16H19N3O/c1-11(2)15-14-13(17-10-18-14)8-9-19(15)16(20)12-6-4-3-5-7-12/h3-7,10-11,15H,8-9H2,1-2H3,(H,17,18). The van der Waals surface area contributed by atoms with Crippen LogP contribution in [0.1, 0.15) is 41.6 Å². The topological polar surface area (TPSA) is 49.0 Å². The first-order valence-corrected chi connectivity index (χ1v) is 7.06. The summed E-state index contributed by atoms with van der Waals surface area (Å²) in [7, 11) is 0. The second kappa shape index (κ2) is 5.12. The number of hydrogen-bond acceptors (Lipinski definition) is 2. The van der Waals surface area contributed by atoms with Crippen molar-refractivity contribution in [3.8, 4) is 0 Å². The van der Waals surface area contributed by atoms with Crippen molar-refractivity contribution in [2.75, 3.05) is 6.54 Å². The lowest BCUT2D eigenvalue weighted by molar-refractivity contribution is 0.0596. The molecule has 4 heteroatoms. The van der Waals surface area contributed by atoms with Gasteiger partial charge in [-0.05, 0) is 18.1 Å². The quantitative estimate of drug-likeness (QED) is 0.911. The highest BCUT2D eigenvalue weighted by atomic mass is 16.2. The van der Waals surface area contributed by atoms with Crippen LogP contribution in [0.5, 0.6) is 0 Å². The second-order valence-corrected chi connectivity index (χ2v) is 5.57. The van der Waals surface area contributed by atoms with Crippen molar-refractivity contribution in [1.29, 1.82) is 0 Å². The molecule has 0 aliphatic carbocycles. The van der Waals surface area contributed by atoms with Crippen LogP contribution in [0, 0.1) is 5.92 Å². The van der Waals surface area contributed by atoms with Crippen molar-refractivity contribution in [1.82, 2.24) is 14.9 Å². The number of rotatable bonds is 2. The molecule has 0 radical (unpaired) electrons. The Hall–Kier alpha value is -2.10. The highest BCUT2D eigenvalue weighted by Crippen LogP contribution is 2.34. The summed E-state index contributed by atoms with van der Waals surface area (Å²) in [5.41, 5.74) is 2.94. The summed E-state index contributed by atoms with van der Waals surface area (Å²) in [6.07, 6.45) is 2.58. The van der Waals surface area contributed by atoms with Crippen molar-refractivity contribution >= 4 is 5.91 Å². The number of amides is 1. The monoisotopic (exact) mass is 269 g/mol. The maximum atomic E-state index is 12.7. The molecular weight excluding hydrogens is 250 g/mol. The van der Waals surface area contributed by atoms with E-state index in [-0.39, 0.29) is 11.9 Å². The molecule has 1 aliphatic rings. The van der Waals surface area contributed by atoms with Crippen LogP contribution in [-0.4, -0.2) is 27.3 Å². The third kappa shape index (κ3) is 2.11. The number of carbonyl (C=O) groups is 1. The van der Waals surface area contributed by atoms with Gasteiger partial charge in [0.15, 0.2) is 0 Å². The largest absolute Gasteiger partial charge is 0.348 e. The van der Waals surface area contributed by atoms with E-state index in [0.717, 1.165) is 24.2 Å². The highest BCUT2D eigenvalue weighted by Gasteiger charge is 2.34. The van der Waals surface area contributed by atoms with Gasteiger partial charge in [0.1, 0.15) is 0 Å². The molecule has 0 bridgehead atoms. The van der Waals surface area contributed by atoms with E-state index in [4.69, 9.17) is 0 Å². The van der Waals surface area contributed by atoms with E-state index >= 15 is 0 Å². The van der Waals surface area contributed by atoms with Gasteiger partial charge in [-0.15, -0.1) is 0 Å². The van der Waals surface area contributed by atoms with Crippen LogP contribution in [0.3, 0.4) is 0 Å². The Morgan fingerprint density at radius 3 is 2.80 bits per heavy atom. The molecular formula is C16H19N3O. The molecule has 1 aliphatic heterocycles. The molecule has 3 rings (SSSR count). The van der Waals surface area contributed by atoms with Gasteiger partial charge in [0.2, 0.25) is 0 Å². The zero-order valence-corrected chi connectivity index (χ0v) is 11.8. The number of imidazole rings is 1. The molecule has 20 heavy (non-hydrogen) atoms. The second-order valence-electron chi connectivity index (χ2n) is 5.57. The third-order valence-electron chi connectivity index (χ3n) is 3.88. The number of hydrogen-bond donors (Lipinski definition) is 1. The van der Waals surface area contributed by atoms with Crippen LogP contribution in [0.2, 0.25) is 0 Å². The smallest absolute Gasteiger partial charge is 0.254 e. The molecule has 0 spiro atoms. The molecule has 1 N–H and O–H groups in total. The number of benzene rings is 1. The van der Waals surface area contributed by atoms with Crippen LogP contribution in [0.4, 0.5) is 0 Å². The molecule has 0 fully saturated rings. The summed E-state index contributed by atoms with van der Waals surface area (Å²) in [4.78, 5) is 22.3. The van der Waals surface area contributed by atoms with Gasteiger partial charge in [0, 0.05) is 24.2 Å². The lowest BCUT2D eigenvalue weighted by atomic mass is 9.92. The number of aromatic nitrogens is 2. The predicted molar refractivity (Wildman–Crippen MR) is 77.3 cm³/mol. The van der Waals surface area contributed by atoms with Crippen molar-refractivity contribution in [3.05, 3.63) is 53.6 Å². The number of fused-ring (bicyclic) bond motifs is 1. The summed E-state index contributed by atoms with van der Waals surface area (Å²) in [5.74, 6) is 0.433. The molecule has 1 aromatic carbocycles. The number of H-pyrrole nitrogens is 1. The van der Waals surface area contributed by atoms with Gasteiger partial charge in [-0.3, -0.25) is 4.79 Å². The summed E-state index contributed by atoms with van der Waals surface area (Å²) in [5, 5.41) is 0. The van der Waals surface area contributed by atoms with E-state index in [0.29, 0.717) is 5.92 Å². The van der Waals surface area contributed by atoms with E-state index < -0.39 is 0 Å². The minimum atomic E-state index is 0.0534. The van der Waals surface area contributed by atoms with E-state index in [2.05, 4.69) is 23.8 Å². The molecule has 1 aromatic heterocycles. The Morgan fingerprint density at radius 2 is 2.10 bits per heavy atom. The Labute approximate surface area is 118 Å². The number of aromatic amines is 1. The minimum Gasteiger partial charge on any atom is -0.348 e. The number of nitrogens with one attached hydrogen (secondary N) is 1. The summed E-state index contributed by atoms with van der Waals surface area (Å²) in [6, 6.07) is 9.54. The molecule has 1 unspecified atom stereocenters. The Balaban J connectivity index is 1.96. The molecule has 4 nitrogen and oxygen atoms in total. The number of carbonyl (C=O) groups excluding carboxylic acids is 1. The number of nitrogens with zero attached hydrogens (tertiary/aromatic N) is 2. The third-order valence-corrected chi connectivity index (χ3v) is 3.88. The van der Waals surface area contributed by atoms with Crippen molar-refractivity contribution < 1.29 is 4.79 Å². The molecule has 104 valence electrons. The zero-order valence-electron chi connectivity index (χ0n) is 11.8. The van der Waals surface area contributed by atoms with Crippen LogP contribution < -0.4 is 0 Å². The van der Waals surface area contributed by atoms with Crippen LogP contribution >= 0.6 is 0 Å². The van der Waals surface area contributed by atoms with Gasteiger partial charge < -0.3 is 9.88 Å². The van der Waals surface area contributed by atoms with Gasteiger partial charge in [-0.1, -0.05) is 32.0 Å². The normalized spacial score (nSPS) is 18.1. The van der Waals surface area contributed by atoms with Crippen molar-refractivity contribution in [3.63, 3.8) is 0 Å². The summed E-state index contributed by atoms with van der Waals surface area (Å²) >= 11 is 0.